The zero-order valence-electron chi connectivity index (χ0n) is 10.9. The van der Waals surface area contributed by atoms with E-state index in [-0.39, 0.29) is 0 Å². The molecule has 0 aromatic carbocycles. The average molecular weight is 286 g/mol. The second-order valence-electron chi connectivity index (χ2n) is 4.31. The van der Waals surface area contributed by atoms with Gasteiger partial charge in [-0.1, -0.05) is 0 Å². The number of nitrogens with one attached hydrogen (secondary N) is 1. The molecule has 0 radical (unpaired) electrons. The molecule has 0 fully saturated rings. The molecule has 9 nitrogen and oxygen atoms in total. The Kier molecular flexibility index (Phi) is 2.43. The summed E-state index contributed by atoms with van der Waals surface area (Å²) in [6, 6.07) is 2.13. The van der Waals surface area contributed by atoms with Gasteiger partial charge in [-0.05, 0) is 16.4 Å². The Morgan fingerprint density at radius 2 is 2.19 bits per heavy atom. The third-order valence-corrected chi connectivity index (χ3v) is 2.82. The van der Waals surface area contributed by atoms with Crippen molar-refractivity contribution in [2.75, 3.05) is 0 Å². The third kappa shape index (κ3) is 2.00. The van der Waals surface area contributed by atoms with Gasteiger partial charge in [0.25, 0.3) is 17.2 Å². The third-order valence-electron chi connectivity index (χ3n) is 2.82. The molecule has 1 N–H and O–H groups in total. The fraction of sp³-hybridized carbons (Fsp3) is 0.0833. The van der Waals surface area contributed by atoms with Gasteiger partial charge in [-0.25, -0.2) is 4.98 Å². The molecule has 0 saturated heterocycles. The quantitative estimate of drug-likeness (QED) is 0.550. The number of hydrogen-bond donors (Lipinski definition) is 1. The van der Waals surface area contributed by atoms with Crippen molar-refractivity contribution in [2.24, 2.45) is 0 Å². The summed E-state index contributed by atoms with van der Waals surface area (Å²) in [6.07, 6.45) is 8.04. The fourth-order valence-corrected chi connectivity index (χ4v) is 1.82. The van der Waals surface area contributed by atoms with Gasteiger partial charge in [-0.3, -0.25) is 9.51 Å². The Bertz CT molecular complexity index is 872. The Hall–Kier alpha value is -3.23. The van der Waals surface area contributed by atoms with Crippen LogP contribution in [0.2, 0.25) is 0 Å². The number of hydrogen-bond acceptors (Lipinski definition) is 6. The Morgan fingerprint density at radius 3 is 2.95 bits per heavy atom. The van der Waals surface area contributed by atoms with Crippen LogP contribution in [0.1, 0.15) is 5.76 Å². The molecule has 0 amide bonds. The first-order valence-electron chi connectivity index (χ1n) is 6.12. The first kappa shape index (κ1) is 11.6. The molecule has 0 unspecified atom stereocenters. The van der Waals surface area contributed by atoms with E-state index < -0.39 is 0 Å². The smallest absolute Gasteiger partial charge is 0.389 e. The van der Waals surface area contributed by atoms with Gasteiger partial charge < -0.3 is 4.42 Å². The lowest BCUT2D eigenvalue weighted by atomic mass is 10.4. The minimum atomic E-state index is 0.314. The molecule has 0 bridgehead atoms. The topological polar surface area (TPSA) is 102 Å². The van der Waals surface area contributed by atoms with Crippen molar-refractivity contribution in [1.82, 2.24) is 20.1 Å². The molecule has 4 aromatic rings. The molecule has 0 spiro atoms. The van der Waals surface area contributed by atoms with Gasteiger partial charge in [0.1, 0.15) is 12.4 Å². The maximum Gasteiger partial charge on any atom is 0.544 e. The maximum absolute atomic E-state index is 5.38. The van der Waals surface area contributed by atoms with E-state index in [9.17, 15) is 0 Å². The lowest BCUT2D eigenvalue weighted by Gasteiger charge is -1.79. The van der Waals surface area contributed by atoms with E-state index in [1.54, 1.807) is 24.9 Å². The largest absolute Gasteiger partial charge is 0.544 e. The van der Waals surface area contributed by atoms with E-state index in [0.29, 0.717) is 23.2 Å². The summed E-state index contributed by atoms with van der Waals surface area (Å²) in [5.41, 5.74) is 1.07. The summed E-state index contributed by atoms with van der Waals surface area (Å²) in [5.74, 6) is 1.42. The van der Waals surface area contributed by atoms with Gasteiger partial charge in [0, 0.05) is 11.1 Å². The number of nitrogens with zero attached hydrogens (tertiary/aromatic N) is 5. The van der Waals surface area contributed by atoms with Gasteiger partial charge in [0.05, 0.1) is 5.16 Å². The van der Waals surface area contributed by atoms with Gasteiger partial charge in [0.15, 0.2) is 24.5 Å². The first-order valence-corrected chi connectivity index (χ1v) is 6.12. The highest BCUT2D eigenvalue weighted by molar-refractivity contribution is 5.49. The minimum absolute atomic E-state index is 0.314. The minimum Gasteiger partial charge on any atom is -0.389 e. The number of aryl methyl sites for hydroxylation is 1. The summed E-state index contributed by atoms with van der Waals surface area (Å²) in [6.45, 7) is 1.84. The van der Waals surface area contributed by atoms with E-state index in [4.69, 9.17) is 13.6 Å². The molecule has 4 aromatic heterocycles. The van der Waals surface area contributed by atoms with Crippen molar-refractivity contribution in [1.29, 1.82) is 0 Å². The molecule has 0 aliphatic carbocycles. The normalized spacial score (nSPS) is 11.1. The summed E-state index contributed by atoms with van der Waals surface area (Å²) >= 11 is 0. The molecule has 0 atom stereocenters. The van der Waals surface area contributed by atoms with Crippen molar-refractivity contribution in [3.05, 3.63) is 43.0 Å². The van der Waals surface area contributed by atoms with E-state index in [2.05, 4.69) is 20.1 Å². The van der Waals surface area contributed by atoms with Crippen molar-refractivity contribution < 1.29 is 23.0 Å². The summed E-state index contributed by atoms with van der Waals surface area (Å²) in [7, 11) is 0. The number of oxazole rings is 1. The molecular formula is C12H10N6O3+2. The van der Waals surface area contributed by atoms with Gasteiger partial charge in [0.2, 0.25) is 0 Å². The average Bonchev–Trinajstić information content (AvgIpc) is 3.25. The van der Waals surface area contributed by atoms with Crippen molar-refractivity contribution in [3.8, 4) is 23.2 Å². The molecule has 4 rings (SSSR count). The van der Waals surface area contributed by atoms with Crippen molar-refractivity contribution in [2.45, 2.75) is 6.92 Å². The molecule has 0 saturated carbocycles. The molecule has 4 heterocycles. The lowest BCUT2D eigenvalue weighted by Crippen LogP contribution is -2.27. The van der Waals surface area contributed by atoms with Crippen LogP contribution in [0.25, 0.3) is 23.2 Å². The number of aromatic nitrogens is 6. The Balaban J connectivity index is 1.67. The zero-order chi connectivity index (χ0) is 14.2. The van der Waals surface area contributed by atoms with Crippen LogP contribution >= 0.6 is 0 Å². The van der Waals surface area contributed by atoms with Crippen LogP contribution < -0.4 is 9.48 Å². The predicted molar refractivity (Wildman–Crippen MR) is 64.2 cm³/mol. The van der Waals surface area contributed by atoms with E-state index in [0.717, 1.165) is 5.76 Å². The second kappa shape index (κ2) is 4.40. The molecular weight excluding hydrogens is 276 g/mol. The van der Waals surface area contributed by atoms with Gasteiger partial charge in [-0.15, -0.1) is 4.63 Å². The standard InChI is InChI=1S/C12H10N6O3/c1-8-2-3-17(20-8)12-15-10(6-19-12)9-5-18(21-16-9)11-4-13-7-14-11/h2-7H,1H3,(H,13,14)/q+2. The predicted octanol–water partition coefficient (Wildman–Crippen LogP) is 0.508. The molecule has 0 aliphatic heterocycles. The number of rotatable bonds is 3. The monoisotopic (exact) mass is 286 g/mol. The summed E-state index contributed by atoms with van der Waals surface area (Å²) in [4.78, 5) is 11.1. The molecule has 21 heavy (non-hydrogen) atoms. The highest BCUT2D eigenvalue weighted by Crippen LogP contribution is 2.15. The highest BCUT2D eigenvalue weighted by Gasteiger charge is 2.26. The van der Waals surface area contributed by atoms with E-state index in [1.165, 1.54) is 15.7 Å². The number of imidazole rings is 1. The SMILES string of the molecule is Cc1cc[n+](-c2nc(-c3c[n+](-c4cnc[nH]4)on3)co2)o1. The number of H-pyrrole nitrogens is 1. The highest BCUT2D eigenvalue weighted by atomic mass is 16.6. The van der Waals surface area contributed by atoms with E-state index in [1.807, 2.05) is 13.0 Å². The van der Waals surface area contributed by atoms with Crippen LogP contribution in [0.4, 0.5) is 0 Å². The second-order valence-corrected chi connectivity index (χ2v) is 4.31. The van der Waals surface area contributed by atoms with Crippen LogP contribution in [0.15, 0.2) is 50.8 Å². The van der Waals surface area contributed by atoms with Crippen molar-refractivity contribution >= 4 is 0 Å². The van der Waals surface area contributed by atoms with Gasteiger partial charge in [-0.2, -0.15) is 0 Å². The van der Waals surface area contributed by atoms with Crippen LogP contribution in [-0.2, 0) is 0 Å². The summed E-state index contributed by atoms with van der Waals surface area (Å²) in [5, 5.41) is 3.93. The fourth-order valence-electron chi connectivity index (χ4n) is 1.82. The number of aromatic amines is 1. The van der Waals surface area contributed by atoms with Gasteiger partial charge >= 0.3 is 6.01 Å². The Labute approximate surface area is 117 Å². The maximum atomic E-state index is 5.38. The summed E-state index contributed by atoms with van der Waals surface area (Å²) < 4.78 is 18.8. The molecule has 0 aliphatic rings. The molecule has 9 heteroatoms. The first-order chi connectivity index (χ1) is 10.3. The van der Waals surface area contributed by atoms with Crippen LogP contribution in [0.5, 0.6) is 0 Å². The van der Waals surface area contributed by atoms with Crippen LogP contribution in [0, 0.1) is 6.92 Å². The lowest BCUT2D eigenvalue weighted by molar-refractivity contribution is -0.796. The van der Waals surface area contributed by atoms with Crippen LogP contribution in [0.3, 0.4) is 0 Å². The molecule has 104 valence electrons. The Morgan fingerprint density at radius 1 is 1.24 bits per heavy atom. The zero-order valence-corrected chi connectivity index (χ0v) is 10.9. The van der Waals surface area contributed by atoms with E-state index >= 15 is 0 Å². The van der Waals surface area contributed by atoms with Crippen LogP contribution in [-0.4, -0.2) is 20.1 Å². The van der Waals surface area contributed by atoms with Crippen molar-refractivity contribution in [3.63, 3.8) is 0 Å².